The van der Waals surface area contributed by atoms with E-state index in [1.165, 1.54) is 122 Å². The summed E-state index contributed by atoms with van der Waals surface area (Å²) in [5, 5.41) is 0. The van der Waals surface area contributed by atoms with Gasteiger partial charge < -0.3 is 5.73 Å². The molecule has 1 aliphatic heterocycles. The molecule has 0 spiro atoms. The van der Waals surface area contributed by atoms with Gasteiger partial charge in [0.25, 0.3) is 0 Å². The fourth-order valence-corrected chi connectivity index (χ4v) is 6.34. The van der Waals surface area contributed by atoms with Crippen LogP contribution in [0.4, 0.5) is 0 Å². The van der Waals surface area contributed by atoms with Crippen LogP contribution in [-0.2, 0) is 4.79 Å². The van der Waals surface area contributed by atoms with Gasteiger partial charge in [-0.1, -0.05) is 103 Å². The van der Waals surface area contributed by atoms with Crippen molar-refractivity contribution in [3.63, 3.8) is 0 Å². The standard InChI is InChI=1S/C26H50N4O/c27-25(31)23-20-26-21-24(26)22(23)18-16-14-12-10-8-6-4-2-1-3-5-7-9-11-13-15-17-19-28-30-29-26/h22-24,28-30H,1-21H2,(H2,27,31). The SMILES string of the molecule is NC(=O)C1CC23CC2C1CCCCCCCCCCCCCCCCCCCNNN3. The lowest BCUT2D eigenvalue weighted by Crippen LogP contribution is -2.50. The summed E-state index contributed by atoms with van der Waals surface area (Å²) in [7, 11) is 0. The third-order valence-electron chi connectivity index (χ3n) is 8.36. The van der Waals surface area contributed by atoms with Crippen molar-refractivity contribution in [3.8, 4) is 0 Å². The number of amides is 1. The van der Waals surface area contributed by atoms with Gasteiger partial charge in [-0.15, -0.1) is 0 Å². The topological polar surface area (TPSA) is 79.2 Å². The average Bonchev–Trinajstić information content (AvgIpc) is 3.37. The molecule has 31 heavy (non-hydrogen) atoms. The Balaban J connectivity index is 1.39. The minimum atomic E-state index is -0.0838. The van der Waals surface area contributed by atoms with Gasteiger partial charge in [-0.25, -0.2) is 10.9 Å². The van der Waals surface area contributed by atoms with Crippen LogP contribution in [0.3, 0.4) is 0 Å². The highest BCUT2D eigenvalue weighted by atomic mass is 16.1. The van der Waals surface area contributed by atoms with Gasteiger partial charge in [0, 0.05) is 18.0 Å². The monoisotopic (exact) mass is 434 g/mol. The van der Waals surface area contributed by atoms with Gasteiger partial charge in [0.15, 0.2) is 0 Å². The lowest BCUT2D eigenvalue weighted by Gasteiger charge is -2.20. The Hall–Kier alpha value is -0.650. The maximum absolute atomic E-state index is 12.1. The van der Waals surface area contributed by atoms with Crippen molar-refractivity contribution in [1.29, 1.82) is 0 Å². The summed E-state index contributed by atoms with van der Waals surface area (Å²) in [6.07, 6.45) is 26.7. The van der Waals surface area contributed by atoms with E-state index in [1.54, 1.807) is 0 Å². The Morgan fingerprint density at radius 1 is 0.677 bits per heavy atom. The summed E-state index contributed by atoms with van der Waals surface area (Å²) in [5.74, 6) is 1.08. The molecule has 5 heteroatoms. The minimum absolute atomic E-state index is 0.0617. The Bertz CT molecular complexity index is 514. The molecular formula is C26H50N4O. The molecule has 5 N–H and O–H groups in total. The molecule has 4 unspecified atom stereocenters. The Kier molecular flexibility index (Phi) is 11.1. The quantitative estimate of drug-likeness (QED) is 0.439. The van der Waals surface area contributed by atoms with E-state index in [4.69, 9.17) is 5.73 Å². The van der Waals surface area contributed by atoms with Gasteiger partial charge in [0.1, 0.15) is 0 Å². The lowest BCUT2D eigenvalue weighted by molar-refractivity contribution is -0.123. The second kappa shape index (κ2) is 13.8. The number of hydrogen-bond donors (Lipinski definition) is 4. The van der Waals surface area contributed by atoms with Crippen LogP contribution in [0.5, 0.6) is 0 Å². The van der Waals surface area contributed by atoms with Crippen LogP contribution in [0.15, 0.2) is 0 Å². The highest BCUT2D eigenvalue weighted by Gasteiger charge is 2.66. The lowest BCUT2D eigenvalue weighted by atomic mass is 9.86. The van der Waals surface area contributed by atoms with E-state index in [9.17, 15) is 4.79 Å². The molecule has 0 aromatic heterocycles. The zero-order valence-electron chi connectivity index (χ0n) is 20.1. The number of nitrogens with one attached hydrogen (secondary N) is 3. The van der Waals surface area contributed by atoms with E-state index in [1.807, 2.05) is 0 Å². The number of hydrazine groups is 2. The molecule has 3 rings (SSSR count). The van der Waals surface area contributed by atoms with Crippen LogP contribution in [0.25, 0.3) is 0 Å². The smallest absolute Gasteiger partial charge is 0.220 e. The third-order valence-corrected chi connectivity index (χ3v) is 8.36. The van der Waals surface area contributed by atoms with Crippen LogP contribution in [-0.4, -0.2) is 18.0 Å². The van der Waals surface area contributed by atoms with Crippen LogP contribution in [0, 0.1) is 17.8 Å². The van der Waals surface area contributed by atoms with Crippen LogP contribution in [0.2, 0.25) is 0 Å². The van der Waals surface area contributed by atoms with E-state index in [0.717, 1.165) is 13.0 Å². The number of rotatable bonds is 1. The van der Waals surface area contributed by atoms with Gasteiger partial charge in [-0.2, -0.15) is 5.53 Å². The zero-order valence-corrected chi connectivity index (χ0v) is 20.1. The van der Waals surface area contributed by atoms with E-state index < -0.39 is 0 Å². The molecule has 1 saturated heterocycles. The molecule has 5 nitrogen and oxygen atoms in total. The maximum Gasteiger partial charge on any atom is 0.220 e. The molecule has 1 amide bonds. The molecule has 2 bridgehead atoms. The summed E-state index contributed by atoms with van der Waals surface area (Å²) < 4.78 is 0. The van der Waals surface area contributed by atoms with Gasteiger partial charge >= 0.3 is 0 Å². The Morgan fingerprint density at radius 3 is 1.68 bits per heavy atom. The first-order valence-electron chi connectivity index (χ1n) is 13.8. The highest BCUT2D eigenvalue weighted by Crippen LogP contribution is 2.62. The average molecular weight is 435 g/mol. The normalized spacial score (nSPS) is 35.9. The summed E-state index contributed by atoms with van der Waals surface area (Å²) in [5.41, 5.74) is 16.0. The van der Waals surface area contributed by atoms with Gasteiger partial charge in [-0.05, 0) is 37.5 Å². The van der Waals surface area contributed by atoms with Gasteiger partial charge in [-0.3, -0.25) is 4.79 Å². The largest absolute Gasteiger partial charge is 0.369 e. The number of nitrogens with two attached hydrogens (primary N) is 1. The summed E-state index contributed by atoms with van der Waals surface area (Å²) in [6, 6.07) is 0. The minimum Gasteiger partial charge on any atom is -0.369 e. The molecule has 0 aromatic rings. The van der Waals surface area contributed by atoms with Crippen molar-refractivity contribution in [1.82, 2.24) is 16.4 Å². The number of carbonyl (C=O) groups excluding carboxylic acids is 1. The summed E-state index contributed by atoms with van der Waals surface area (Å²) >= 11 is 0. The zero-order chi connectivity index (χ0) is 21.8. The second-order valence-electron chi connectivity index (χ2n) is 10.8. The summed E-state index contributed by atoms with van der Waals surface area (Å²) in [4.78, 5) is 12.1. The number of hydrogen-bond acceptors (Lipinski definition) is 4. The fraction of sp³-hybridized carbons (Fsp3) is 0.962. The summed E-state index contributed by atoms with van der Waals surface area (Å²) in [6.45, 7) is 0.996. The molecule has 180 valence electrons. The maximum atomic E-state index is 12.1. The van der Waals surface area contributed by atoms with Gasteiger partial charge in [0.2, 0.25) is 5.91 Å². The van der Waals surface area contributed by atoms with Crippen LogP contribution >= 0.6 is 0 Å². The second-order valence-corrected chi connectivity index (χ2v) is 10.8. The molecule has 4 atom stereocenters. The Morgan fingerprint density at radius 2 is 1.16 bits per heavy atom. The molecule has 1 heterocycles. The first kappa shape index (κ1) is 25.0. The molecule has 0 radical (unpaired) electrons. The van der Waals surface area contributed by atoms with Crippen molar-refractivity contribution in [2.24, 2.45) is 23.5 Å². The van der Waals surface area contributed by atoms with E-state index >= 15 is 0 Å². The van der Waals surface area contributed by atoms with Crippen LogP contribution in [0.1, 0.15) is 128 Å². The predicted octanol–water partition coefficient (Wildman–Crippen LogP) is 5.50. The number of primary amides is 1. The molecule has 0 aromatic carbocycles. The molecular weight excluding hydrogens is 384 g/mol. The van der Waals surface area contributed by atoms with Crippen molar-refractivity contribution < 1.29 is 4.79 Å². The van der Waals surface area contributed by atoms with Crippen molar-refractivity contribution >= 4 is 5.91 Å². The van der Waals surface area contributed by atoms with Crippen molar-refractivity contribution in [3.05, 3.63) is 0 Å². The Labute approximate surface area is 191 Å². The van der Waals surface area contributed by atoms with E-state index in [-0.39, 0.29) is 17.4 Å². The van der Waals surface area contributed by atoms with Crippen LogP contribution < -0.4 is 22.1 Å². The third kappa shape index (κ3) is 8.33. The first-order valence-corrected chi connectivity index (χ1v) is 13.8. The van der Waals surface area contributed by atoms with Gasteiger partial charge in [0.05, 0.1) is 0 Å². The van der Waals surface area contributed by atoms with E-state index in [0.29, 0.717) is 11.8 Å². The van der Waals surface area contributed by atoms with E-state index in [2.05, 4.69) is 16.4 Å². The molecule has 3 aliphatic rings. The number of carbonyl (C=O) groups is 1. The highest BCUT2D eigenvalue weighted by molar-refractivity contribution is 5.78. The van der Waals surface area contributed by atoms with Crippen molar-refractivity contribution in [2.45, 2.75) is 134 Å². The first-order chi connectivity index (χ1) is 15.2. The van der Waals surface area contributed by atoms with Crippen molar-refractivity contribution in [2.75, 3.05) is 6.54 Å². The molecule has 3 fully saturated rings. The fourth-order valence-electron chi connectivity index (χ4n) is 6.34. The molecule has 2 saturated carbocycles. The molecule has 2 aliphatic carbocycles. The predicted molar refractivity (Wildman–Crippen MR) is 129 cm³/mol.